The van der Waals surface area contributed by atoms with Crippen molar-refractivity contribution >= 4 is 85.4 Å². The third-order valence-electron chi connectivity index (χ3n) is 8.22. The minimum absolute atomic E-state index is 0. The molecule has 4 rings (SSSR count). The van der Waals surface area contributed by atoms with Gasteiger partial charge < -0.3 is 14.8 Å². The second-order valence-corrected chi connectivity index (χ2v) is 36.0. The smallest absolute Gasteiger partial charge is 0.668 e. The van der Waals surface area contributed by atoms with Gasteiger partial charge >= 0.3 is 32.7 Å². The second-order valence-electron chi connectivity index (χ2n) is 15.7. The zero-order chi connectivity index (χ0) is 35.5. The van der Waals surface area contributed by atoms with Crippen LogP contribution < -0.4 is 0 Å². The minimum atomic E-state index is -2.04. The predicted octanol–water partition coefficient (Wildman–Crippen LogP) is 15.1. The van der Waals surface area contributed by atoms with Crippen molar-refractivity contribution in [1.29, 1.82) is 0 Å². The van der Waals surface area contributed by atoms with Crippen LogP contribution in [0.15, 0.2) is 72.8 Å². The van der Waals surface area contributed by atoms with Crippen molar-refractivity contribution in [3.8, 4) is 11.1 Å². The molecular formula is C38H58N3P2S2Si2Y. The maximum Gasteiger partial charge on any atom is 3.00 e. The maximum atomic E-state index is 6.36. The van der Waals surface area contributed by atoms with Gasteiger partial charge in [-0.05, 0) is 55.3 Å². The van der Waals surface area contributed by atoms with Gasteiger partial charge in [0.15, 0.2) is 0 Å². The van der Waals surface area contributed by atoms with Crippen LogP contribution in [-0.4, -0.2) is 39.1 Å². The van der Waals surface area contributed by atoms with Gasteiger partial charge in [-0.3, -0.25) is 0 Å². The Morgan fingerprint density at radius 3 is 1.02 bits per heavy atom. The van der Waals surface area contributed by atoms with Crippen LogP contribution in [0, 0.1) is 0 Å². The first-order chi connectivity index (χ1) is 21.6. The molecule has 0 bridgehead atoms. The van der Waals surface area contributed by atoms with Gasteiger partial charge in [0.2, 0.25) is 0 Å². The van der Waals surface area contributed by atoms with Gasteiger partial charge in [-0.15, -0.1) is 47.4 Å². The van der Waals surface area contributed by atoms with E-state index in [9.17, 15) is 0 Å². The fourth-order valence-corrected chi connectivity index (χ4v) is 19.1. The van der Waals surface area contributed by atoms with Crippen LogP contribution in [0.2, 0.25) is 39.3 Å². The molecule has 0 aliphatic heterocycles. The first kappa shape index (κ1) is 44.0. The number of benzene rings is 4. The summed E-state index contributed by atoms with van der Waals surface area (Å²) in [6.07, 6.45) is -4.09. The zero-order valence-electron chi connectivity index (χ0n) is 31.9. The topological polar surface area (TPSA) is 42.3 Å². The Morgan fingerprint density at radius 1 is 0.479 bits per heavy atom. The first-order valence-corrected chi connectivity index (χ1v) is 29.7. The van der Waals surface area contributed by atoms with E-state index in [1.54, 1.807) is 0 Å². The summed E-state index contributed by atoms with van der Waals surface area (Å²) in [5.74, 6) is 0. The summed E-state index contributed by atoms with van der Waals surface area (Å²) >= 11 is 12.7. The Hall–Kier alpha value is -0.202. The fourth-order valence-electron chi connectivity index (χ4n) is 6.21. The quantitative estimate of drug-likeness (QED) is 0.112. The molecule has 0 spiro atoms. The number of hydrogen-bond acceptors (Lipinski definition) is 2. The average Bonchev–Trinajstić information content (AvgIpc) is 2.95. The van der Waals surface area contributed by atoms with Gasteiger partial charge in [0.25, 0.3) is 0 Å². The third kappa shape index (κ3) is 10.9. The number of fused-ring (bicyclic) bond motifs is 2. The molecule has 0 unspecified atom stereocenters. The van der Waals surface area contributed by atoms with E-state index in [4.69, 9.17) is 38.4 Å². The molecule has 0 N–H and O–H groups in total. The number of nitrogens with zero attached hydrogens (tertiary/aromatic N) is 3. The Balaban J connectivity index is 0.000000703. The van der Waals surface area contributed by atoms with Gasteiger partial charge in [-0.2, -0.15) is 0 Å². The number of rotatable bonds is 11. The molecule has 0 saturated carbocycles. The largest absolute Gasteiger partial charge is 3.00 e. The summed E-state index contributed by atoms with van der Waals surface area (Å²) in [5.41, 5.74) is 5.49. The normalized spacial score (nSPS) is 12.8. The summed E-state index contributed by atoms with van der Waals surface area (Å²) in [6, 6.07) is 25.9. The van der Waals surface area contributed by atoms with Crippen LogP contribution in [0.4, 0.5) is 11.4 Å². The van der Waals surface area contributed by atoms with Crippen molar-refractivity contribution in [2.24, 2.45) is 0 Å². The SMILES string of the molecule is CC(C)P(=S)([N-]c1ccc2ccccc2c1-c1c([N-]P(=S)(C(C)C)C(C)C)ccc2ccccc12)C(C)C.C[Si](C)(C)[N-][Si](C)(C)C.[Y+3]. The molecular weight excluding hydrogens is 770 g/mol. The van der Waals surface area contributed by atoms with E-state index in [1.807, 2.05) is 0 Å². The Kier molecular flexibility index (Phi) is 16.1. The van der Waals surface area contributed by atoms with Gasteiger partial charge in [0, 0.05) is 0 Å². The summed E-state index contributed by atoms with van der Waals surface area (Å²) in [7, 11) is -2.21. The average molecular weight is 828 g/mol. The van der Waals surface area contributed by atoms with Gasteiger partial charge in [-0.25, -0.2) is 0 Å². The van der Waals surface area contributed by atoms with E-state index in [0.717, 1.165) is 22.5 Å². The summed E-state index contributed by atoms with van der Waals surface area (Å²) < 4.78 is 4.82. The molecule has 0 aromatic heterocycles. The summed E-state index contributed by atoms with van der Waals surface area (Å²) in [6.45, 7) is 31.6. The predicted molar refractivity (Wildman–Crippen MR) is 232 cm³/mol. The van der Waals surface area contributed by atoms with Crippen molar-refractivity contribution in [1.82, 2.24) is 0 Å². The molecule has 0 atom stereocenters. The zero-order valence-corrected chi connectivity index (χ0v) is 40.1. The Bertz CT molecular complexity index is 1630. The molecule has 4 aromatic carbocycles. The van der Waals surface area contributed by atoms with Crippen LogP contribution in [0.1, 0.15) is 55.4 Å². The van der Waals surface area contributed by atoms with Gasteiger partial charge in [0.1, 0.15) is 0 Å². The molecule has 0 aliphatic rings. The van der Waals surface area contributed by atoms with Crippen molar-refractivity contribution in [3.05, 3.63) is 87.6 Å². The van der Waals surface area contributed by atoms with E-state index in [-0.39, 0.29) is 32.7 Å². The molecule has 0 aliphatic carbocycles. The van der Waals surface area contributed by atoms with Crippen molar-refractivity contribution in [2.75, 3.05) is 0 Å². The molecule has 10 heteroatoms. The van der Waals surface area contributed by atoms with Gasteiger partial charge in [0.05, 0.1) is 0 Å². The van der Waals surface area contributed by atoms with Crippen LogP contribution in [0.5, 0.6) is 0 Å². The molecule has 0 saturated heterocycles. The molecule has 0 amide bonds. The standard InChI is InChI=1S/C32H40N2P2S2.C6H18NSi2.Y/c1-21(2)35(37,22(3)4)33-29-19-17-25-13-9-11-15-27(25)31(29)32-28-16-12-10-14-26(28)18-20-30(32)34-36(38,23(5)6)24(7)8;1-8(2,3)7-9(4,5)6;/h9-24H,1-8H3;1-6H3;/q-2;-1;+3. The molecule has 0 radical (unpaired) electrons. The van der Waals surface area contributed by atoms with Crippen LogP contribution in [0.3, 0.4) is 0 Å². The Labute approximate surface area is 331 Å². The van der Waals surface area contributed by atoms with E-state index < -0.39 is 28.8 Å². The van der Waals surface area contributed by atoms with Crippen molar-refractivity contribution in [2.45, 2.75) is 117 Å². The molecule has 4 aromatic rings. The van der Waals surface area contributed by atoms with E-state index in [0.29, 0.717) is 22.6 Å². The van der Waals surface area contributed by atoms with Crippen molar-refractivity contribution in [3.63, 3.8) is 0 Å². The van der Waals surface area contributed by atoms with E-state index >= 15 is 0 Å². The van der Waals surface area contributed by atoms with E-state index in [1.165, 1.54) is 21.5 Å². The maximum absolute atomic E-state index is 6.36. The molecule has 0 fully saturated rings. The number of hydrogen-bond donors (Lipinski definition) is 0. The van der Waals surface area contributed by atoms with Gasteiger partial charge in [-0.1, -0.05) is 184 Å². The molecule has 48 heavy (non-hydrogen) atoms. The summed E-state index contributed by atoms with van der Waals surface area (Å²) in [5, 5.41) is 15.7. The molecule has 258 valence electrons. The monoisotopic (exact) mass is 827 g/mol. The van der Waals surface area contributed by atoms with Crippen LogP contribution in [-0.2, 0) is 56.3 Å². The van der Waals surface area contributed by atoms with Crippen LogP contribution in [0.25, 0.3) is 47.5 Å². The summed E-state index contributed by atoms with van der Waals surface area (Å²) in [4.78, 5) is 0. The molecule has 3 nitrogen and oxygen atoms in total. The Morgan fingerprint density at radius 2 is 0.771 bits per heavy atom. The fraction of sp³-hybridized carbons (Fsp3) is 0.474. The van der Waals surface area contributed by atoms with Crippen molar-refractivity contribution < 1.29 is 32.7 Å². The molecule has 0 heterocycles. The third-order valence-corrected chi connectivity index (χ3v) is 26.1. The second kappa shape index (κ2) is 17.5. The van der Waals surface area contributed by atoms with E-state index in [2.05, 4.69) is 167 Å². The minimum Gasteiger partial charge on any atom is -0.668 e. The van der Waals surface area contributed by atoms with Crippen LogP contribution >= 0.6 is 12.4 Å². The first-order valence-electron chi connectivity index (χ1n) is 17.0.